The monoisotopic (exact) mass is 264 g/mol. The van der Waals surface area contributed by atoms with E-state index >= 15 is 0 Å². The molecule has 1 fully saturated rings. The number of hydrogen-bond donors (Lipinski definition) is 2. The number of nitrogen functional groups attached to an aromatic ring is 1. The lowest BCUT2D eigenvalue weighted by molar-refractivity contribution is 0.270. The molecule has 19 heavy (non-hydrogen) atoms. The molecule has 1 aromatic rings. The molecule has 1 atom stereocenters. The van der Waals surface area contributed by atoms with Gasteiger partial charge in [0.1, 0.15) is 17.5 Å². The number of rotatable bonds is 5. The molecule has 1 aliphatic heterocycles. The standard InChI is InChI=1S/C13H24N6/c1-4-19-7-5-6-11(19)9-18(3)13-8-12(17-14)15-10(2)16-13/h8,11H,4-7,9,14H2,1-3H3,(H,15,16,17). The molecule has 2 rings (SSSR count). The third-order valence-corrected chi connectivity index (χ3v) is 3.75. The largest absolute Gasteiger partial charge is 0.358 e. The van der Waals surface area contributed by atoms with E-state index < -0.39 is 0 Å². The maximum Gasteiger partial charge on any atom is 0.145 e. The van der Waals surface area contributed by atoms with Gasteiger partial charge >= 0.3 is 0 Å². The van der Waals surface area contributed by atoms with Gasteiger partial charge in [0, 0.05) is 25.7 Å². The number of likely N-dealkylation sites (N-methyl/N-ethyl adjacent to an activating group) is 2. The lowest BCUT2D eigenvalue weighted by atomic mass is 10.2. The van der Waals surface area contributed by atoms with Crippen molar-refractivity contribution in [1.82, 2.24) is 14.9 Å². The molecule has 6 heteroatoms. The third-order valence-electron chi connectivity index (χ3n) is 3.75. The molecule has 0 radical (unpaired) electrons. The summed E-state index contributed by atoms with van der Waals surface area (Å²) in [6, 6.07) is 2.51. The fourth-order valence-corrected chi connectivity index (χ4v) is 2.75. The Morgan fingerprint density at radius 3 is 3.00 bits per heavy atom. The quantitative estimate of drug-likeness (QED) is 0.610. The number of aryl methyl sites for hydroxylation is 1. The van der Waals surface area contributed by atoms with Crippen molar-refractivity contribution in [3.05, 3.63) is 11.9 Å². The Kier molecular flexibility index (Phi) is 4.55. The first-order valence-electron chi connectivity index (χ1n) is 6.91. The third kappa shape index (κ3) is 3.33. The van der Waals surface area contributed by atoms with E-state index in [0.29, 0.717) is 11.9 Å². The van der Waals surface area contributed by atoms with Crippen molar-refractivity contribution in [3.63, 3.8) is 0 Å². The number of anilines is 2. The predicted octanol–water partition coefficient (Wildman–Crippen LogP) is 0.991. The van der Waals surface area contributed by atoms with Crippen molar-refractivity contribution in [2.24, 2.45) is 5.84 Å². The molecule has 106 valence electrons. The van der Waals surface area contributed by atoms with Gasteiger partial charge in [0.25, 0.3) is 0 Å². The minimum Gasteiger partial charge on any atom is -0.358 e. The van der Waals surface area contributed by atoms with Crippen LogP contribution in [0, 0.1) is 6.92 Å². The van der Waals surface area contributed by atoms with Crippen molar-refractivity contribution in [2.75, 3.05) is 37.0 Å². The average molecular weight is 264 g/mol. The molecular weight excluding hydrogens is 240 g/mol. The Bertz CT molecular complexity index is 422. The van der Waals surface area contributed by atoms with Crippen LogP contribution in [0.2, 0.25) is 0 Å². The highest BCUT2D eigenvalue weighted by molar-refractivity contribution is 5.48. The van der Waals surface area contributed by atoms with Crippen molar-refractivity contribution < 1.29 is 0 Å². The number of nitrogens with zero attached hydrogens (tertiary/aromatic N) is 4. The van der Waals surface area contributed by atoms with Crippen molar-refractivity contribution >= 4 is 11.6 Å². The minimum absolute atomic E-state index is 0.625. The Morgan fingerprint density at radius 1 is 1.53 bits per heavy atom. The van der Waals surface area contributed by atoms with Gasteiger partial charge in [0.2, 0.25) is 0 Å². The van der Waals surface area contributed by atoms with Crippen LogP contribution in [0.5, 0.6) is 0 Å². The van der Waals surface area contributed by atoms with E-state index in [1.807, 2.05) is 13.0 Å². The molecule has 0 aromatic carbocycles. The summed E-state index contributed by atoms with van der Waals surface area (Å²) in [5.74, 6) is 7.74. The second kappa shape index (κ2) is 6.16. The first kappa shape index (κ1) is 14.0. The molecule has 0 amide bonds. The van der Waals surface area contributed by atoms with Crippen molar-refractivity contribution in [2.45, 2.75) is 32.7 Å². The van der Waals surface area contributed by atoms with E-state index in [1.165, 1.54) is 19.4 Å². The molecule has 1 unspecified atom stereocenters. The zero-order chi connectivity index (χ0) is 13.8. The number of likely N-dealkylation sites (tertiary alicyclic amines) is 1. The first-order valence-corrected chi connectivity index (χ1v) is 6.91. The lowest BCUT2D eigenvalue weighted by Gasteiger charge is -2.28. The molecule has 1 saturated heterocycles. The van der Waals surface area contributed by atoms with Crippen LogP contribution in [0.25, 0.3) is 0 Å². The van der Waals surface area contributed by atoms with Crippen LogP contribution < -0.4 is 16.2 Å². The Morgan fingerprint density at radius 2 is 2.32 bits per heavy atom. The van der Waals surface area contributed by atoms with Crippen LogP contribution in [0.4, 0.5) is 11.6 Å². The van der Waals surface area contributed by atoms with Gasteiger partial charge in [0.15, 0.2) is 0 Å². The number of aromatic nitrogens is 2. The molecule has 1 aromatic heterocycles. The summed E-state index contributed by atoms with van der Waals surface area (Å²) in [4.78, 5) is 13.4. The molecule has 0 bridgehead atoms. The molecule has 2 heterocycles. The highest BCUT2D eigenvalue weighted by Crippen LogP contribution is 2.20. The first-order chi connectivity index (χ1) is 9.13. The summed E-state index contributed by atoms with van der Waals surface area (Å²) in [7, 11) is 2.08. The molecule has 0 saturated carbocycles. The van der Waals surface area contributed by atoms with Gasteiger partial charge in [-0.05, 0) is 32.9 Å². The van der Waals surface area contributed by atoms with E-state index in [9.17, 15) is 0 Å². The van der Waals surface area contributed by atoms with E-state index in [4.69, 9.17) is 5.84 Å². The zero-order valence-electron chi connectivity index (χ0n) is 12.1. The maximum absolute atomic E-state index is 5.43. The van der Waals surface area contributed by atoms with Crippen LogP contribution in [0.15, 0.2) is 6.07 Å². The smallest absolute Gasteiger partial charge is 0.145 e. The summed E-state index contributed by atoms with van der Waals surface area (Å²) in [6.45, 7) is 7.44. The lowest BCUT2D eigenvalue weighted by Crippen LogP contribution is -2.39. The summed E-state index contributed by atoms with van der Waals surface area (Å²) in [5, 5.41) is 0. The van der Waals surface area contributed by atoms with E-state index in [1.54, 1.807) is 0 Å². The number of hydrazine groups is 1. The van der Waals surface area contributed by atoms with Gasteiger partial charge < -0.3 is 10.3 Å². The second-order valence-corrected chi connectivity index (χ2v) is 5.11. The normalized spacial score (nSPS) is 19.7. The van der Waals surface area contributed by atoms with Gasteiger partial charge in [-0.1, -0.05) is 6.92 Å². The van der Waals surface area contributed by atoms with E-state index in [2.05, 4.69) is 39.2 Å². The molecule has 1 aliphatic rings. The van der Waals surface area contributed by atoms with Gasteiger partial charge in [0.05, 0.1) is 0 Å². The van der Waals surface area contributed by atoms with Crippen LogP contribution in [-0.2, 0) is 0 Å². The number of nitrogens with two attached hydrogens (primary N) is 1. The van der Waals surface area contributed by atoms with Crippen molar-refractivity contribution in [3.8, 4) is 0 Å². The summed E-state index contributed by atoms with van der Waals surface area (Å²) >= 11 is 0. The highest BCUT2D eigenvalue weighted by Gasteiger charge is 2.24. The highest BCUT2D eigenvalue weighted by atomic mass is 15.3. The Labute approximate surface area is 115 Å². The zero-order valence-corrected chi connectivity index (χ0v) is 12.1. The molecule has 3 N–H and O–H groups in total. The topological polar surface area (TPSA) is 70.3 Å². The van der Waals surface area contributed by atoms with Crippen LogP contribution >= 0.6 is 0 Å². The molecule has 6 nitrogen and oxygen atoms in total. The van der Waals surface area contributed by atoms with Crippen molar-refractivity contribution in [1.29, 1.82) is 0 Å². The SMILES string of the molecule is CCN1CCCC1CN(C)c1cc(NN)nc(C)n1. The van der Waals surface area contributed by atoms with Crippen LogP contribution in [0.3, 0.4) is 0 Å². The maximum atomic E-state index is 5.43. The average Bonchev–Trinajstić information content (AvgIpc) is 2.85. The molecule has 0 spiro atoms. The van der Waals surface area contributed by atoms with Gasteiger partial charge in [-0.3, -0.25) is 4.90 Å². The van der Waals surface area contributed by atoms with Crippen LogP contribution in [-0.4, -0.2) is 47.6 Å². The number of hydrogen-bond acceptors (Lipinski definition) is 6. The second-order valence-electron chi connectivity index (χ2n) is 5.11. The molecule has 0 aliphatic carbocycles. The summed E-state index contributed by atoms with van der Waals surface area (Å²) in [5.41, 5.74) is 2.59. The summed E-state index contributed by atoms with van der Waals surface area (Å²) in [6.07, 6.45) is 2.56. The predicted molar refractivity (Wildman–Crippen MR) is 78.1 cm³/mol. The Hall–Kier alpha value is -1.40. The van der Waals surface area contributed by atoms with E-state index in [0.717, 1.165) is 24.7 Å². The number of nitrogens with one attached hydrogen (secondary N) is 1. The molecular formula is C13H24N6. The summed E-state index contributed by atoms with van der Waals surface area (Å²) < 4.78 is 0. The van der Waals surface area contributed by atoms with Gasteiger partial charge in [-0.2, -0.15) is 0 Å². The van der Waals surface area contributed by atoms with Gasteiger partial charge in [-0.15, -0.1) is 0 Å². The van der Waals surface area contributed by atoms with Gasteiger partial charge in [-0.25, -0.2) is 15.8 Å². The van der Waals surface area contributed by atoms with Crippen LogP contribution in [0.1, 0.15) is 25.6 Å². The fourth-order valence-electron chi connectivity index (χ4n) is 2.75. The Balaban J connectivity index is 2.06. The van der Waals surface area contributed by atoms with E-state index in [-0.39, 0.29) is 0 Å². The minimum atomic E-state index is 0.625. The fraction of sp³-hybridized carbons (Fsp3) is 0.692.